The van der Waals surface area contributed by atoms with Crippen LogP contribution in [-0.4, -0.2) is 33.7 Å². The van der Waals surface area contributed by atoms with Gasteiger partial charge >= 0.3 is 5.97 Å². The van der Waals surface area contributed by atoms with Crippen molar-refractivity contribution in [1.82, 2.24) is 5.32 Å². The van der Waals surface area contributed by atoms with E-state index in [0.29, 0.717) is 25.7 Å². The van der Waals surface area contributed by atoms with Crippen LogP contribution in [0.3, 0.4) is 0 Å². The average Bonchev–Trinajstić information content (AvgIpc) is 2.54. The fraction of sp³-hybridized carbons (Fsp3) is 0.467. The molecule has 0 atom stereocenters. The molecule has 1 aromatic rings. The molecular formula is C15H18N2O5S. The Kier molecular flexibility index (Phi) is 5.97. The first-order chi connectivity index (χ1) is 11.0. The number of carbonyl (C=O) groups excluding carboxylic acids is 1. The smallest absolute Gasteiger partial charge is 0.306 e. The summed E-state index contributed by atoms with van der Waals surface area (Å²) in [5, 5.41) is 22.4. The van der Waals surface area contributed by atoms with Crippen LogP contribution in [0.2, 0.25) is 0 Å². The van der Waals surface area contributed by atoms with E-state index in [1.807, 2.05) is 0 Å². The van der Waals surface area contributed by atoms with E-state index >= 15 is 0 Å². The largest absolute Gasteiger partial charge is 0.481 e. The van der Waals surface area contributed by atoms with Gasteiger partial charge in [0.25, 0.3) is 5.69 Å². The van der Waals surface area contributed by atoms with Crippen molar-refractivity contribution in [3.05, 3.63) is 34.4 Å². The van der Waals surface area contributed by atoms with Gasteiger partial charge in [0.2, 0.25) is 5.91 Å². The number of carboxylic acid groups (broad SMARTS) is 1. The van der Waals surface area contributed by atoms with Crippen LogP contribution in [0.5, 0.6) is 0 Å². The van der Waals surface area contributed by atoms with Crippen LogP contribution < -0.4 is 5.32 Å². The van der Waals surface area contributed by atoms with Crippen LogP contribution in [-0.2, 0) is 9.59 Å². The minimum absolute atomic E-state index is 0.0222. The third-order valence-corrected chi connectivity index (χ3v) is 4.87. The van der Waals surface area contributed by atoms with Crippen molar-refractivity contribution in [2.75, 3.05) is 5.75 Å². The van der Waals surface area contributed by atoms with E-state index in [0.717, 1.165) is 4.90 Å². The molecule has 1 aliphatic rings. The van der Waals surface area contributed by atoms with Gasteiger partial charge in [0.05, 0.1) is 16.6 Å². The number of carbonyl (C=O) groups is 2. The number of hydrogen-bond donors (Lipinski definition) is 2. The van der Waals surface area contributed by atoms with Crippen molar-refractivity contribution in [3.63, 3.8) is 0 Å². The van der Waals surface area contributed by atoms with Crippen molar-refractivity contribution in [3.8, 4) is 0 Å². The Morgan fingerprint density at radius 2 is 1.83 bits per heavy atom. The molecule has 23 heavy (non-hydrogen) atoms. The molecule has 0 radical (unpaired) electrons. The maximum Gasteiger partial charge on any atom is 0.306 e. The molecule has 0 bridgehead atoms. The second kappa shape index (κ2) is 7.96. The number of nitrogens with one attached hydrogen (secondary N) is 1. The molecule has 1 aliphatic carbocycles. The number of carboxylic acids is 1. The number of rotatable bonds is 6. The van der Waals surface area contributed by atoms with Crippen molar-refractivity contribution >= 4 is 29.3 Å². The fourth-order valence-electron chi connectivity index (χ4n) is 2.57. The Morgan fingerprint density at radius 3 is 2.35 bits per heavy atom. The highest BCUT2D eigenvalue weighted by atomic mass is 32.2. The lowest BCUT2D eigenvalue weighted by Crippen LogP contribution is -2.39. The highest BCUT2D eigenvalue weighted by molar-refractivity contribution is 8.00. The van der Waals surface area contributed by atoms with Crippen molar-refractivity contribution in [1.29, 1.82) is 0 Å². The molecule has 2 rings (SSSR count). The topological polar surface area (TPSA) is 110 Å². The summed E-state index contributed by atoms with van der Waals surface area (Å²) in [4.78, 5) is 33.7. The molecule has 0 heterocycles. The van der Waals surface area contributed by atoms with Crippen LogP contribution in [0.4, 0.5) is 5.69 Å². The van der Waals surface area contributed by atoms with Crippen LogP contribution in [0, 0.1) is 16.0 Å². The summed E-state index contributed by atoms with van der Waals surface area (Å²) in [5.74, 6) is -0.926. The van der Waals surface area contributed by atoms with E-state index in [1.165, 1.54) is 23.9 Å². The summed E-state index contributed by atoms with van der Waals surface area (Å²) < 4.78 is 0. The Labute approximate surface area is 137 Å². The maximum atomic E-state index is 11.9. The molecule has 0 spiro atoms. The molecule has 0 aromatic heterocycles. The molecule has 8 heteroatoms. The maximum absolute atomic E-state index is 11.9. The Bertz CT molecular complexity index is 582. The summed E-state index contributed by atoms with van der Waals surface area (Å²) >= 11 is 1.31. The molecule has 7 nitrogen and oxygen atoms in total. The van der Waals surface area contributed by atoms with E-state index < -0.39 is 10.9 Å². The van der Waals surface area contributed by atoms with Crippen LogP contribution in [0.25, 0.3) is 0 Å². The predicted molar refractivity (Wildman–Crippen MR) is 85.3 cm³/mol. The minimum Gasteiger partial charge on any atom is -0.481 e. The number of nitrogens with zero attached hydrogens (tertiary/aromatic N) is 1. The van der Waals surface area contributed by atoms with Crippen LogP contribution >= 0.6 is 11.8 Å². The first-order valence-electron chi connectivity index (χ1n) is 7.35. The molecule has 1 saturated carbocycles. The highest BCUT2D eigenvalue weighted by Gasteiger charge is 2.26. The molecule has 0 aliphatic heterocycles. The third kappa shape index (κ3) is 5.24. The van der Waals surface area contributed by atoms with E-state index in [1.54, 1.807) is 12.1 Å². The van der Waals surface area contributed by atoms with Crippen molar-refractivity contribution in [2.45, 2.75) is 36.6 Å². The number of nitro groups is 1. The van der Waals surface area contributed by atoms with Gasteiger partial charge in [0, 0.05) is 23.1 Å². The van der Waals surface area contributed by atoms with Gasteiger partial charge < -0.3 is 10.4 Å². The Balaban J connectivity index is 1.73. The molecule has 1 fully saturated rings. The van der Waals surface area contributed by atoms with Gasteiger partial charge in [0.1, 0.15) is 0 Å². The summed E-state index contributed by atoms with van der Waals surface area (Å²) in [7, 11) is 0. The van der Waals surface area contributed by atoms with Gasteiger partial charge in [-0.25, -0.2) is 0 Å². The first-order valence-corrected chi connectivity index (χ1v) is 8.33. The van der Waals surface area contributed by atoms with E-state index in [9.17, 15) is 19.7 Å². The lowest BCUT2D eigenvalue weighted by molar-refractivity contribution is -0.384. The van der Waals surface area contributed by atoms with E-state index in [-0.39, 0.29) is 29.3 Å². The van der Waals surface area contributed by atoms with Gasteiger partial charge in [0.15, 0.2) is 0 Å². The number of benzene rings is 1. The Hall–Kier alpha value is -2.09. The number of non-ortho nitro benzene ring substituents is 1. The van der Waals surface area contributed by atoms with Gasteiger partial charge in [-0.1, -0.05) is 0 Å². The SMILES string of the molecule is O=C(CSc1ccc([N+](=O)[O-])cc1)NC1CCC(C(=O)O)CC1. The average molecular weight is 338 g/mol. The molecule has 2 N–H and O–H groups in total. The quantitative estimate of drug-likeness (QED) is 0.468. The second-order valence-corrected chi connectivity index (χ2v) is 6.54. The normalized spacial score (nSPS) is 20.7. The van der Waals surface area contributed by atoms with E-state index in [4.69, 9.17) is 5.11 Å². The van der Waals surface area contributed by atoms with Crippen molar-refractivity contribution in [2.24, 2.45) is 5.92 Å². The predicted octanol–water partition coefficient (Wildman–Crippen LogP) is 2.45. The van der Waals surface area contributed by atoms with Gasteiger partial charge in [-0.15, -0.1) is 11.8 Å². The number of amides is 1. The van der Waals surface area contributed by atoms with E-state index in [2.05, 4.69) is 5.32 Å². The standard InChI is InChI=1S/C15H18N2O5S/c18-14(16-11-3-1-10(2-4-11)15(19)20)9-23-13-7-5-12(6-8-13)17(21)22/h5-8,10-11H,1-4,9H2,(H,16,18)(H,19,20). The van der Waals surface area contributed by atoms with Gasteiger partial charge in [-0.3, -0.25) is 19.7 Å². The number of thioether (sulfide) groups is 1. The first kappa shape index (κ1) is 17.3. The molecule has 1 aromatic carbocycles. The monoisotopic (exact) mass is 338 g/mol. The Morgan fingerprint density at radius 1 is 1.22 bits per heavy atom. The van der Waals surface area contributed by atoms with Gasteiger partial charge in [-0.05, 0) is 37.8 Å². The molecular weight excluding hydrogens is 320 g/mol. The van der Waals surface area contributed by atoms with Crippen LogP contribution in [0.15, 0.2) is 29.2 Å². The second-order valence-electron chi connectivity index (χ2n) is 5.49. The zero-order valence-corrected chi connectivity index (χ0v) is 13.3. The minimum atomic E-state index is -0.761. The van der Waals surface area contributed by atoms with Gasteiger partial charge in [-0.2, -0.15) is 0 Å². The summed E-state index contributed by atoms with van der Waals surface area (Å²) in [6.07, 6.45) is 2.56. The number of nitro benzene ring substituents is 1. The summed E-state index contributed by atoms with van der Waals surface area (Å²) in [6.45, 7) is 0. The molecule has 124 valence electrons. The summed E-state index contributed by atoms with van der Waals surface area (Å²) in [6, 6.07) is 6.10. The lowest BCUT2D eigenvalue weighted by Gasteiger charge is -2.26. The zero-order chi connectivity index (χ0) is 16.8. The number of aliphatic carboxylic acids is 1. The van der Waals surface area contributed by atoms with Crippen molar-refractivity contribution < 1.29 is 19.6 Å². The molecule has 1 amide bonds. The van der Waals surface area contributed by atoms with Crippen LogP contribution in [0.1, 0.15) is 25.7 Å². The summed E-state index contributed by atoms with van der Waals surface area (Å²) in [5.41, 5.74) is 0.0222. The third-order valence-electron chi connectivity index (χ3n) is 3.86. The lowest BCUT2D eigenvalue weighted by atomic mass is 9.86. The highest BCUT2D eigenvalue weighted by Crippen LogP contribution is 2.25. The fourth-order valence-corrected chi connectivity index (χ4v) is 3.28. The zero-order valence-electron chi connectivity index (χ0n) is 12.4. The number of hydrogen-bond acceptors (Lipinski definition) is 5. The molecule has 0 unspecified atom stereocenters. The molecule has 0 saturated heterocycles.